The van der Waals surface area contributed by atoms with Crippen LogP contribution in [0, 0.1) is 0 Å². The van der Waals surface area contributed by atoms with Gasteiger partial charge in [-0.1, -0.05) is 24.3 Å². The standard InChI is InChI=1S/C19H22N4OS/c24-18(11-17-14-23-9-10-25-19(23)21-17)20-12-15-5-1-2-6-16(15)13-22-7-3-4-8-22/h1-2,5-6,9-10,14H,3-4,7-8,11-13H2,(H,20,24). The molecule has 1 aromatic carbocycles. The van der Waals surface area contributed by atoms with Gasteiger partial charge in [-0.05, 0) is 37.1 Å². The summed E-state index contributed by atoms with van der Waals surface area (Å²) in [6.45, 7) is 3.91. The summed E-state index contributed by atoms with van der Waals surface area (Å²) in [5.74, 6) is 0.0155. The van der Waals surface area contributed by atoms with Gasteiger partial charge >= 0.3 is 0 Å². The van der Waals surface area contributed by atoms with Crippen molar-refractivity contribution in [1.82, 2.24) is 19.6 Å². The molecule has 1 amide bonds. The van der Waals surface area contributed by atoms with Crippen LogP contribution in [0.1, 0.15) is 29.7 Å². The van der Waals surface area contributed by atoms with Crippen molar-refractivity contribution in [3.63, 3.8) is 0 Å². The van der Waals surface area contributed by atoms with Crippen LogP contribution < -0.4 is 5.32 Å². The average molecular weight is 354 g/mol. The molecule has 130 valence electrons. The van der Waals surface area contributed by atoms with Crippen LogP contribution in [0.4, 0.5) is 0 Å². The van der Waals surface area contributed by atoms with Gasteiger partial charge in [0.25, 0.3) is 0 Å². The van der Waals surface area contributed by atoms with Gasteiger partial charge in [0.1, 0.15) is 0 Å². The second-order valence-electron chi connectivity index (χ2n) is 6.53. The lowest BCUT2D eigenvalue weighted by Gasteiger charge is -2.17. The molecule has 0 spiro atoms. The van der Waals surface area contributed by atoms with E-state index in [1.165, 1.54) is 37.1 Å². The minimum absolute atomic E-state index is 0.0155. The average Bonchev–Trinajstić information content (AvgIpc) is 3.32. The number of rotatable bonds is 6. The molecular formula is C19H22N4OS. The molecular weight excluding hydrogens is 332 g/mol. The summed E-state index contributed by atoms with van der Waals surface area (Å²) < 4.78 is 1.96. The molecule has 1 aliphatic heterocycles. The lowest BCUT2D eigenvalue weighted by molar-refractivity contribution is -0.120. The number of hydrogen-bond donors (Lipinski definition) is 1. The molecule has 1 fully saturated rings. The fraction of sp³-hybridized carbons (Fsp3) is 0.368. The predicted molar refractivity (Wildman–Crippen MR) is 99.6 cm³/mol. The van der Waals surface area contributed by atoms with Crippen molar-refractivity contribution in [3.05, 3.63) is 58.9 Å². The molecule has 2 aromatic heterocycles. The highest BCUT2D eigenvalue weighted by Crippen LogP contribution is 2.16. The lowest BCUT2D eigenvalue weighted by atomic mass is 10.1. The summed E-state index contributed by atoms with van der Waals surface area (Å²) in [6.07, 6.45) is 6.79. The number of imidazole rings is 1. The summed E-state index contributed by atoms with van der Waals surface area (Å²) in [5, 5.41) is 5.04. The van der Waals surface area contributed by atoms with Gasteiger partial charge in [-0.25, -0.2) is 4.98 Å². The topological polar surface area (TPSA) is 49.6 Å². The summed E-state index contributed by atoms with van der Waals surface area (Å²) in [6, 6.07) is 8.40. The highest BCUT2D eigenvalue weighted by molar-refractivity contribution is 7.15. The number of nitrogens with one attached hydrogen (secondary N) is 1. The number of carbonyl (C=O) groups excluding carboxylic acids is 1. The Morgan fingerprint density at radius 1 is 1.20 bits per heavy atom. The van der Waals surface area contributed by atoms with Crippen LogP contribution >= 0.6 is 11.3 Å². The van der Waals surface area contributed by atoms with Crippen LogP contribution in [0.3, 0.4) is 0 Å². The molecule has 1 N–H and O–H groups in total. The van der Waals surface area contributed by atoms with E-state index >= 15 is 0 Å². The fourth-order valence-electron chi connectivity index (χ4n) is 3.35. The molecule has 0 aliphatic carbocycles. The zero-order chi connectivity index (χ0) is 17.1. The van der Waals surface area contributed by atoms with E-state index in [9.17, 15) is 4.79 Å². The van der Waals surface area contributed by atoms with Gasteiger partial charge in [0.15, 0.2) is 4.96 Å². The first kappa shape index (κ1) is 16.3. The normalized spacial score (nSPS) is 15.0. The largest absolute Gasteiger partial charge is 0.352 e. The maximum Gasteiger partial charge on any atom is 0.226 e. The SMILES string of the molecule is O=C(Cc1cn2ccsc2n1)NCc1ccccc1CN1CCCC1. The highest BCUT2D eigenvalue weighted by Gasteiger charge is 2.14. The van der Waals surface area contributed by atoms with E-state index in [0.717, 1.165) is 17.2 Å². The van der Waals surface area contributed by atoms with Crippen LogP contribution in [-0.4, -0.2) is 33.3 Å². The van der Waals surface area contributed by atoms with E-state index in [0.29, 0.717) is 13.0 Å². The third-order valence-corrected chi connectivity index (χ3v) is 5.44. The maximum absolute atomic E-state index is 12.3. The Morgan fingerprint density at radius 2 is 2.00 bits per heavy atom. The number of fused-ring (bicyclic) bond motifs is 1. The molecule has 1 saturated heterocycles. The summed E-state index contributed by atoms with van der Waals surface area (Å²) >= 11 is 1.58. The third-order valence-electron chi connectivity index (χ3n) is 4.67. The van der Waals surface area contributed by atoms with Crippen molar-refractivity contribution < 1.29 is 4.79 Å². The van der Waals surface area contributed by atoms with Gasteiger partial charge in [-0.3, -0.25) is 14.1 Å². The second-order valence-corrected chi connectivity index (χ2v) is 7.40. The molecule has 0 bridgehead atoms. The smallest absolute Gasteiger partial charge is 0.226 e. The molecule has 3 aromatic rings. The molecule has 0 unspecified atom stereocenters. The number of benzene rings is 1. The minimum atomic E-state index is 0.0155. The molecule has 0 atom stereocenters. The van der Waals surface area contributed by atoms with E-state index in [1.54, 1.807) is 11.3 Å². The predicted octanol–water partition coefficient (Wildman–Crippen LogP) is 2.85. The second kappa shape index (κ2) is 7.37. The van der Waals surface area contributed by atoms with Crippen molar-refractivity contribution in [2.45, 2.75) is 32.4 Å². The van der Waals surface area contributed by atoms with Crippen LogP contribution in [0.15, 0.2) is 42.0 Å². The third kappa shape index (κ3) is 3.91. The molecule has 25 heavy (non-hydrogen) atoms. The van der Waals surface area contributed by atoms with E-state index in [4.69, 9.17) is 0 Å². The number of likely N-dealkylation sites (tertiary alicyclic amines) is 1. The Kier molecular flexibility index (Phi) is 4.81. The number of hydrogen-bond acceptors (Lipinski definition) is 4. The Hall–Kier alpha value is -2.18. The van der Waals surface area contributed by atoms with Crippen LogP contribution in [0.25, 0.3) is 4.96 Å². The number of amides is 1. The van der Waals surface area contributed by atoms with Gasteiger partial charge in [0, 0.05) is 30.9 Å². The first-order chi connectivity index (χ1) is 12.3. The van der Waals surface area contributed by atoms with Crippen LogP contribution in [-0.2, 0) is 24.3 Å². The molecule has 4 rings (SSSR count). The Bertz CT molecular complexity index is 835. The van der Waals surface area contributed by atoms with Gasteiger partial charge in [0.05, 0.1) is 12.1 Å². The van der Waals surface area contributed by atoms with Gasteiger partial charge < -0.3 is 5.32 Å². The quantitative estimate of drug-likeness (QED) is 0.740. The molecule has 0 saturated carbocycles. The fourth-order valence-corrected chi connectivity index (χ4v) is 4.07. The molecule has 5 nitrogen and oxygen atoms in total. The Balaban J connectivity index is 1.35. The first-order valence-corrected chi connectivity index (χ1v) is 9.63. The zero-order valence-corrected chi connectivity index (χ0v) is 15.0. The lowest BCUT2D eigenvalue weighted by Crippen LogP contribution is -2.26. The van der Waals surface area contributed by atoms with Gasteiger partial charge in [-0.2, -0.15) is 0 Å². The van der Waals surface area contributed by atoms with E-state index < -0.39 is 0 Å². The Labute approximate surface area is 151 Å². The van der Waals surface area contributed by atoms with Crippen molar-refractivity contribution >= 4 is 22.2 Å². The first-order valence-electron chi connectivity index (χ1n) is 8.75. The molecule has 0 radical (unpaired) electrons. The van der Waals surface area contributed by atoms with E-state index in [1.807, 2.05) is 28.2 Å². The zero-order valence-electron chi connectivity index (χ0n) is 14.1. The monoisotopic (exact) mass is 354 g/mol. The summed E-state index contributed by atoms with van der Waals surface area (Å²) in [4.78, 5) is 20.2. The van der Waals surface area contributed by atoms with Gasteiger partial charge in [-0.15, -0.1) is 11.3 Å². The van der Waals surface area contributed by atoms with Crippen molar-refractivity contribution in [2.24, 2.45) is 0 Å². The van der Waals surface area contributed by atoms with E-state index in [-0.39, 0.29) is 5.91 Å². The van der Waals surface area contributed by atoms with Gasteiger partial charge in [0.2, 0.25) is 5.91 Å². The number of thiazole rings is 1. The van der Waals surface area contributed by atoms with Crippen LogP contribution in [0.5, 0.6) is 0 Å². The summed E-state index contributed by atoms with van der Waals surface area (Å²) in [7, 11) is 0. The molecule has 1 aliphatic rings. The number of aromatic nitrogens is 2. The van der Waals surface area contributed by atoms with E-state index in [2.05, 4.69) is 33.4 Å². The van der Waals surface area contributed by atoms with Crippen LogP contribution in [0.2, 0.25) is 0 Å². The molecule has 6 heteroatoms. The Morgan fingerprint density at radius 3 is 2.80 bits per heavy atom. The van der Waals surface area contributed by atoms with Crippen molar-refractivity contribution in [3.8, 4) is 0 Å². The maximum atomic E-state index is 12.3. The van der Waals surface area contributed by atoms with Crippen molar-refractivity contribution in [2.75, 3.05) is 13.1 Å². The highest BCUT2D eigenvalue weighted by atomic mass is 32.1. The number of carbonyl (C=O) groups is 1. The summed E-state index contributed by atoms with van der Waals surface area (Å²) in [5.41, 5.74) is 3.33. The number of nitrogens with zero attached hydrogens (tertiary/aromatic N) is 3. The van der Waals surface area contributed by atoms with Crippen molar-refractivity contribution in [1.29, 1.82) is 0 Å². The minimum Gasteiger partial charge on any atom is -0.352 e. The molecule has 3 heterocycles.